The van der Waals surface area contributed by atoms with Crippen LogP contribution in [-0.2, 0) is 10.0 Å². The van der Waals surface area contributed by atoms with E-state index >= 15 is 0 Å². The fraction of sp³-hybridized carbons (Fsp3) is 0.357. The number of thiazole rings is 1. The van der Waals surface area contributed by atoms with Crippen LogP contribution >= 0.6 is 23.7 Å². The van der Waals surface area contributed by atoms with Crippen LogP contribution in [-0.4, -0.2) is 37.3 Å². The lowest BCUT2D eigenvalue weighted by Crippen LogP contribution is -2.39. The zero-order chi connectivity index (χ0) is 15.6. The van der Waals surface area contributed by atoms with Gasteiger partial charge in [0.25, 0.3) is 0 Å². The normalized spacial score (nSPS) is 13.0. The first-order valence-electron chi connectivity index (χ1n) is 6.57. The quantitative estimate of drug-likeness (QED) is 0.887. The number of benzene rings is 1. The number of aryl methyl sites for hydroxylation is 1. The molecule has 2 rings (SSSR count). The second kappa shape index (κ2) is 7.52. The van der Waals surface area contributed by atoms with Crippen LogP contribution < -0.4 is 5.73 Å². The molecule has 1 aromatic heterocycles. The van der Waals surface area contributed by atoms with Crippen molar-refractivity contribution in [1.82, 2.24) is 9.29 Å². The summed E-state index contributed by atoms with van der Waals surface area (Å²) in [6.07, 6.45) is 0. The van der Waals surface area contributed by atoms with E-state index in [0.717, 1.165) is 16.3 Å². The van der Waals surface area contributed by atoms with Gasteiger partial charge >= 0.3 is 0 Å². The summed E-state index contributed by atoms with van der Waals surface area (Å²) < 4.78 is 26.5. The number of likely N-dealkylation sites (N-methyl/N-ethyl adjacent to an activating group) is 1. The maximum Gasteiger partial charge on any atom is 0.243 e. The van der Waals surface area contributed by atoms with Gasteiger partial charge < -0.3 is 5.73 Å². The van der Waals surface area contributed by atoms with E-state index in [1.807, 2.05) is 18.4 Å². The summed E-state index contributed by atoms with van der Waals surface area (Å²) in [6, 6.07) is 6.61. The molecule has 2 N–H and O–H groups in total. The molecule has 122 valence electrons. The van der Waals surface area contributed by atoms with Crippen molar-refractivity contribution in [2.45, 2.75) is 24.8 Å². The summed E-state index contributed by atoms with van der Waals surface area (Å²) in [5.41, 5.74) is 7.29. The molecule has 0 saturated carbocycles. The van der Waals surface area contributed by atoms with E-state index in [1.165, 1.54) is 15.6 Å². The van der Waals surface area contributed by atoms with Crippen LogP contribution in [0.25, 0.3) is 10.6 Å². The Hall–Kier alpha value is -0.990. The maximum atomic E-state index is 12.6. The lowest BCUT2D eigenvalue weighted by molar-refractivity contribution is 0.394. The summed E-state index contributed by atoms with van der Waals surface area (Å²) in [5, 5.41) is 2.76. The van der Waals surface area contributed by atoms with E-state index in [9.17, 15) is 8.42 Å². The molecule has 0 aliphatic rings. The van der Waals surface area contributed by atoms with Crippen molar-refractivity contribution < 1.29 is 8.42 Å². The Morgan fingerprint density at radius 1 is 1.41 bits per heavy atom. The Balaban J connectivity index is 0.00000242. The topological polar surface area (TPSA) is 76.3 Å². The predicted molar refractivity (Wildman–Crippen MR) is 93.0 cm³/mol. The molecule has 5 nitrogen and oxygen atoms in total. The Kier molecular flexibility index (Phi) is 6.51. The van der Waals surface area contributed by atoms with E-state index in [0.29, 0.717) is 0 Å². The first-order chi connectivity index (χ1) is 9.86. The summed E-state index contributed by atoms with van der Waals surface area (Å²) in [5.74, 6) is 0. The molecule has 0 spiro atoms. The van der Waals surface area contributed by atoms with Crippen molar-refractivity contribution in [1.29, 1.82) is 0 Å². The van der Waals surface area contributed by atoms with Gasteiger partial charge in [-0.15, -0.1) is 23.7 Å². The number of nitrogens with two attached hydrogens (primary N) is 1. The lowest BCUT2D eigenvalue weighted by atomic mass is 10.2. The molecule has 0 bridgehead atoms. The van der Waals surface area contributed by atoms with Crippen LogP contribution in [0, 0.1) is 6.92 Å². The number of nitrogens with zero attached hydrogens (tertiary/aromatic N) is 2. The van der Waals surface area contributed by atoms with Crippen molar-refractivity contribution in [3.63, 3.8) is 0 Å². The molecule has 1 heterocycles. The SMILES string of the molecule is Cc1csc(-c2cccc(S(=O)(=O)N(C)C(C)CN)c2)n1.Cl. The smallest absolute Gasteiger partial charge is 0.243 e. The molecule has 1 atom stereocenters. The van der Waals surface area contributed by atoms with E-state index in [-0.39, 0.29) is 29.9 Å². The highest BCUT2D eigenvalue weighted by atomic mass is 35.5. The molecular weight excluding hydrogens is 342 g/mol. The third kappa shape index (κ3) is 3.85. The van der Waals surface area contributed by atoms with Gasteiger partial charge in [-0.25, -0.2) is 13.4 Å². The van der Waals surface area contributed by atoms with Gasteiger partial charge in [0.15, 0.2) is 0 Å². The fourth-order valence-corrected chi connectivity index (χ4v) is 4.04. The van der Waals surface area contributed by atoms with Gasteiger partial charge in [0, 0.05) is 36.3 Å². The molecule has 2 aromatic rings. The largest absolute Gasteiger partial charge is 0.329 e. The van der Waals surface area contributed by atoms with E-state index in [4.69, 9.17) is 5.73 Å². The zero-order valence-corrected chi connectivity index (χ0v) is 15.1. The highest BCUT2D eigenvalue weighted by Crippen LogP contribution is 2.27. The highest BCUT2D eigenvalue weighted by Gasteiger charge is 2.25. The second-order valence-electron chi connectivity index (χ2n) is 4.93. The monoisotopic (exact) mass is 361 g/mol. The van der Waals surface area contributed by atoms with Crippen LogP contribution in [0.3, 0.4) is 0 Å². The van der Waals surface area contributed by atoms with Crippen molar-refractivity contribution in [3.05, 3.63) is 35.3 Å². The number of hydrogen-bond acceptors (Lipinski definition) is 5. The first kappa shape index (κ1) is 19.1. The minimum atomic E-state index is -3.54. The third-order valence-electron chi connectivity index (χ3n) is 3.34. The lowest BCUT2D eigenvalue weighted by Gasteiger charge is -2.23. The van der Waals surface area contributed by atoms with Crippen molar-refractivity contribution in [3.8, 4) is 10.6 Å². The van der Waals surface area contributed by atoms with Gasteiger partial charge in [-0.2, -0.15) is 4.31 Å². The second-order valence-corrected chi connectivity index (χ2v) is 7.78. The van der Waals surface area contributed by atoms with Gasteiger partial charge in [-0.3, -0.25) is 0 Å². The first-order valence-corrected chi connectivity index (χ1v) is 8.89. The fourth-order valence-electron chi connectivity index (χ4n) is 1.83. The van der Waals surface area contributed by atoms with Gasteiger partial charge in [-0.05, 0) is 26.0 Å². The standard InChI is InChI=1S/C14H19N3O2S2.ClH/c1-10-9-20-14(16-10)12-5-4-6-13(7-12)21(18,19)17(3)11(2)8-15;/h4-7,9,11H,8,15H2,1-3H3;1H. The third-order valence-corrected chi connectivity index (χ3v) is 6.32. The number of hydrogen-bond donors (Lipinski definition) is 1. The summed E-state index contributed by atoms with van der Waals surface area (Å²) in [7, 11) is -2.00. The molecular formula is C14H20ClN3O2S2. The van der Waals surface area contributed by atoms with Crippen molar-refractivity contribution in [2.75, 3.05) is 13.6 Å². The Morgan fingerprint density at radius 3 is 2.64 bits per heavy atom. The molecule has 22 heavy (non-hydrogen) atoms. The molecule has 0 fully saturated rings. The number of rotatable bonds is 5. The zero-order valence-electron chi connectivity index (χ0n) is 12.7. The van der Waals surface area contributed by atoms with E-state index in [2.05, 4.69) is 4.98 Å². The molecule has 1 unspecified atom stereocenters. The van der Waals surface area contributed by atoms with Crippen molar-refractivity contribution >= 4 is 33.8 Å². The van der Waals surface area contributed by atoms with Crippen LogP contribution in [0.15, 0.2) is 34.5 Å². The summed E-state index contributed by atoms with van der Waals surface area (Å²) in [6.45, 7) is 3.98. The van der Waals surface area contributed by atoms with Gasteiger partial charge in [0.1, 0.15) is 5.01 Å². The molecule has 0 radical (unpaired) electrons. The van der Waals surface area contributed by atoms with Gasteiger partial charge in [0.05, 0.1) is 4.90 Å². The Bertz CT molecular complexity index is 731. The predicted octanol–water partition coefficient (Wildman–Crippen LogP) is 2.51. The number of aromatic nitrogens is 1. The van der Waals surface area contributed by atoms with Crippen LogP contribution in [0.2, 0.25) is 0 Å². The molecule has 0 saturated heterocycles. The van der Waals surface area contributed by atoms with Crippen LogP contribution in [0.1, 0.15) is 12.6 Å². The summed E-state index contributed by atoms with van der Waals surface area (Å²) in [4.78, 5) is 4.65. The average Bonchev–Trinajstić information content (AvgIpc) is 2.92. The Labute approximate surface area is 141 Å². The van der Waals surface area contributed by atoms with E-state index in [1.54, 1.807) is 32.2 Å². The number of sulfonamides is 1. The number of halogens is 1. The van der Waals surface area contributed by atoms with Crippen LogP contribution in [0.5, 0.6) is 0 Å². The maximum absolute atomic E-state index is 12.6. The molecule has 1 aromatic carbocycles. The van der Waals surface area contributed by atoms with Gasteiger partial charge in [-0.1, -0.05) is 12.1 Å². The van der Waals surface area contributed by atoms with Crippen LogP contribution in [0.4, 0.5) is 0 Å². The molecule has 8 heteroatoms. The molecule has 0 amide bonds. The Morgan fingerprint density at radius 2 is 2.09 bits per heavy atom. The van der Waals surface area contributed by atoms with E-state index < -0.39 is 10.0 Å². The minimum Gasteiger partial charge on any atom is -0.329 e. The summed E-state index contributed by atoms with van der Waals surface area (Å²) >= 11 is 1.50. The molecule has 0 aliphatic carbocycles. The van der Waals surface area contributed by atoms with Crippen molar-refractivity contribution in [2.24, 2.45) is 5.73 Å². The molecule has 0 aliphatic heterocycles. The average molecular weight is 362 g/mol. The minimum absolute atomic E-state index is 0. The van der Waals surface area contributed by atoms with Gasteiger partial charge in [0.2, 0.25) is 10.0 Å². The highest BCUT2D eigenvalue weighted by molar-refractivity contribution is 7.89.